The number of amides is 3. The molecule has 26 heavy (non-hydrogen) atoms. The average molecular weight is 359 g/mol. The van der Waals surface area contributed by atoms with Crippen LogP contribution in [0.1, 0.15) is 50.9 Å². The van der Waals surface area contributed by atoms with E-state index in [1.807, 2.05) is 4.90 Å². The molecule has 1 aromatic rings. The Balaban J connectivity index is 1.96. The molecular weight excluding hydrogens is 330 g/mol. The molecule has 1 aliphatic heterocycles. The molecule has 2 rings (SSSR count). The van der Waals surface area contributed by atoms with Crippen LogP contribution in [0.25, 0.3) is 0 Å². The van der Waals surface area contributed by atoms with Crippen molar-refractivity contribution in [2.45, 2.75) is 40.5 Å². The molecule has 1 heterocycles. The summed E-state index contributed by atoms with van der Waals surface area (Å²) in [5.74, 6) is -0.0208. The van der Waals surface area contributed by atoms with Crippen LogP contribution < -0.4 is 5.32 Å². The standard InChI is InChI=1S/C20H29N3O3/c1-15(24)21-17-8-6-16(7-9-17)19(26)23-11-5-10-22(12-13-23)18(25)14-20(2,3)4/h6-9H,5,10-14H2,1-4H3,(H,21,24). The van der Waals surface area contributed by atoms with E-state index in [2.05, 4.69) is 26.1 Å². The molecule has 3 amide bonds. The third-order valence-corrected chi connectivity index (χ3v) is 4.27. The molecule has 1 saturated heterocycles. The van der Waals surface area contributed by atoms with Gasteiger partial charge in [-0.25, -0.2) is 0 Å². The summed E-state index contributed by atoms with van der Waals surface area (Å²) in [5.41, 5.74) is 1.23. The Hall–Kier alpha value is -2.37. The first kappa shape index (κ1) is 19.9. The third-order valence-electron chi connectivity index (χ3n) is 4.27. The number of hydrogen-bond acceptors (Lipinski definition) is 3. The number of rotatable bonds is 3. The van der Waals surface area contributed by atoms with E-state index in [1.165, 1.54) is 6.92 Å². The van der Waals surface area contributed by atoms with Gasteiger partial charge in [-0.15, -0.1) is 0 Å². The Morgan fingerprint density at radius 3 is 2.12 bits per heavy atom. The number of anilines is 1. The third kappa shape index (κ3) is 5.86. The topological polar surface area (TPSA) is 69.7 Å². The zero-order valence-corrected chi connectivity index (χ0v) is 16.2. The van der Waals surface area contributed by atoms with Crippen molar-refractivity contribution in [2.24, 2.45) is 5.41 Å². The molecule has 1 aromatic carbocycles. The van der Waals surface area contributed by atoms with Crippen molar-refractivity contribution in [1.82, 2.24) is 9.80 Å². The zero-order valence-electron chi connectivity index (χ0n) is 16.2. The van der Waals surface area contributed by atoms with Gasteiger partial charge in [0, 0.05) is 50.8 Å². The maximum absolute atomic E-state index is 12.7. The lowest BCUT2D eigenvalue weighted by molar-refractivity contribution is -0.133. The van der Waals surface area contributed by atoms with Gasteiger partial charge in [-0.3, -0.25) is 14.4 Å². The number of nitrogens with one attached hydrogen (secondary N) is 1. The molecule has 142 valence electrons. The first-order valence-electron chi connectivity index (χ1n) is 9.10. The maximum atomic E-state index is 12.7. The number of nitrogens with zero attached hydrogens (tertiary/aromatic N) is 2. The highest BCUT2D eigenvalue weighted by atomic mass is 16.2. The van der Waals surface area contributed by atoms with Gasteiger partial charge in [0.15, 0.2) is 0 Å². The summed E-state index contributed by atoms with van der Waals surface area (Å²) >= 11 is 0. The lowest BCUT2D eigenvalue weighted by atomic mass is 9.91. The quantitative estimate of drug-likeness (QED) is 0.902. The van der Waals surface area contributed by atoms with Crippen LogP contribution in [0.3, 0.4) is 0 Å². The molecule has 6 heteroatoms. The Labute approximate surface area is 155 Å². The van der Waals surface area contributed by atoms with E-state index in [9.17, 15) is 14.4 Å². The minimum absolute atomic E-state index is 0.0332. The van der Waals surface area contributed by atoms with Gasteiger partial charge in [0.05, 0.1) is 0 Å². The maximum Gasteiger partial charge on any atom is 0.253 e. The summed E-state index contributed by atoms with van der Waals surface area (Å²) in [6.07, 6.45) is 1.30. The molecule has 0 radical (unpaired) electrons. The smallest absolute Gasteiger partial charge is 0.253 e. The summed E-state index contributed by atoms with van der Waals surface area (Å²) in [6, 6.07) is 6.90. The minimum atomic E-state index is -0.142. The van der Waals surface area contributed by atoms with Crippen LogP contribution >= 0.6 is 0 Å². The van der Waals surface area contributed by atoms with Gasteiger partial charge >= 0.3 is 0 Å². The summed E-state index contributed by atoms with van der Waals surface area (Å²) in [4.78, 5) is 39.9. The predicted octanol–water partition coefficient (Wildman–Crippen LogP) is 2.76. The molecule has 1 N–H and O–H groups in total. The van der Waals surface area contributed by atoms with Crippen LogP contribution in [-0.4, -0.2) is 53.7 Å². The SMILES string of the molecule is CC(=O)Nc1ccc(C(=O)N2CCCN(C(=O)CC(C)(C)C)CC2)cc1. The van der Waals surface area contributed by atoms with Gasteiger partial charge < -0.3 is 15.1 Å². The van der Waals surface area contributed by atoms with Gasteiger partial charge in [0.2, 0.25) is 11.8 Å². The molecule has 0 bridgehead atoms. The summed E-state index contributed by atoms with van der Waals surface area (Å²) in [5, 5.41) is 2.69. The van der Waals surface area contributed by atoms with Gasteiger partial charge in [0.25, 0.3) is 5.91 Å². The van der Waals surface area contributed by atoms with E-state index in [-0.39, 0.29) is 23.1 Å². The van der Waals surface area contributed by atoms with Crippen molar-refractivity contribution in [3.63, 3.8) is 0 Å². The van der Waals surface area contributed by atoms with E-state index in [0.29, 0.717) is 43.9 Å². The van der Waals surface area contributed by atoms with Gasteiger partial charge in [-0.1, -0.05) is 20.8 Å². The van der Waals surface area contributed by atoms with Gasteiger partial charge in [-0.05, 0) is 36.1 Å². The van der Waals surface area contributed by atoms with Crippen LogP contribution in [0.4, 0.5) is 5.69 Å². The molecule has 0 unspecified atom stereocenters. The van der Waals surface area contributed by atoms with Crippen molar-refractivity contribution >= 4 is 23.4 Å². The van der Waals surface area contributed by atoms with Crippen molar-refractivity contribution in [2.75, 3.05) is 31.5 Å². The highest BCUT2D eigenvalue weighted by Gasteiger charge is 2.25. The van der Waals surface area contributed by atoms with Crippen LogP contribution in [0.2, 0.25) is 0 Å². The molecule has 1 fully saturated rings. The zero-order chi connectivity index (χ0) is 19.3. The Morgan fingerprint density at radius 2 is 1.54 bits per heavy atom. The van der Waals surface area contributed by atoms with Crippen molar-refractivity contribution in [3.8, 4) is 0 Å². The second kappa shape index (κ2) is 8.34. The predicted molar refractivity (Wildman–Crippen MR) is 102 cm³/mol. The number of benzene rings is 1. The number of carbonyl (C=O) groups is 3. The fraction of sp³-hybridized carbons (Fsp3) is 0.550. The lowest BCUT2D eigenvalue weighted by Gasteiger charge is -2.25. The molecule has 6 nitrogen and oxygen atoms in total. The molecule has 0 aromatic heterocycles. The van der Waals surface area contributed by atoms with E-state index < -0.39 is 0 Å². The second-order valence-electron chi connectivity index (χ2n) is 8.02. The Morgan fingerprint density at radius 1 is 0.962 bits per heavy atom. The Kier molecular flexibility index (Phi) is 6.40. The van der Waals surface area contributed by atoms with Crippen molar-refractivity contribution in [1.29, 1.82) is 0 Å². The average Bonchev–Trinajstić information content (AvgIpc) is 2.79. The van der Waals surface area contributed by atoms with E-state index in [0.717, 1.165) is 6.42 Å². The number of hydrogen-bond donors (Lipinski definition) is 1. The van der Waals surface area contributed by atoms with Crippen LogP contribution in [0, 0.1) is 5.41 Å². The van der Waals surface area contributed by atoms with Gasteiger partial charge in [-0.2, -0.15) is 0 Å². The molecule has 1 aliphatic rings. The highest BCUT2D eigenvalue weighted by molar-refractivity contribution is 5.95. The van der Waals surface area contributed by atoms with Crippen LogP contribution in [-0.2, 0) is 9.59 Å². The van der Waals surface area contributed by atoms with Crippen molar-refractivity contribution in [3.05, 3.63) is 29.8 Å². The molecule has 0 spiro atoms. The molecule has 0 aliphatic carbocycles. The van der Waals surface area contributed by atoms with Crippen LogP contribution in [0.5, 0.6) is 0 Å². The molecule has 0 saturated carbocycles. The molecule has 0 atom stereocenters. The van der Waals surface area contributed by atoms with E-state index in [1.54, 1.807) is 29.2 Å². The fourth-order valence-electron chi connectivity index (χ4n) is 3.02. The largest absolute Gasteiger partial charge is 0.341 e. The molecular formula is C20H29N3O3. The van der Waals surface area contributed by atoms with Crippen molar-refractivity contribution < 1.29 is 14.4 Å². The summed E-state index contributed by atoms with van der Waals surface area (Å²) < 4.78 is 0. The highest BCUT2D eigenvalue weighted by Crippen LogP contribution is 2.21. The first-order valence-corrected chi connectivity index (χ1v) is 9.10. The Bertz CT molecular complexity index is 662. The van der Waals surface area contributed by atoms with Gasteiger partial charge in [0.1, 0.15) is 0 Å². The summed E-state index contributed by atoms with van der Waals surface area (Å²) in [6.45, 7) is 10.1. The number of carbonyl (C=O) groups excluding carboxylic acids is 3. The minimum Gasteiger partial charge on any atom is -0.341 e. The van der Waals surface area contributed by atoms with Crippen LogP contribution in [0.15, 0.2) is 24.3 Å². The second-order valence-corrected chi connectivity index (χ2v) is 8.02. The van der Waals surface area contributed by atoms with E-state index in [4.69, 9.17) is 0 Å². The fourth-order valence-corrected chi connectivity index (χ4v) is 3.02. The van der Waals surface area contributed by atoms with E-state index >= 15 is 0 Å². The normalized spacial score (nSPS) is 15.4. The first-order chi connectivity index (χ1) is 12.2. The monoisotopic (exact) mass is 359 g/mol. The lowest BCUT2D eigenvalue weighted by Crippen LogP contribution is -2.38. The summed E-state index contributed by atoms with van der Waals surface area (Å²) in [7, 11) is 0.